The molecule has 2 rings (SSSR count). The van der Waals surface area contributed by atoms with Crippen LogP contribution in [0.15, 0.2) is 24.3 Å². The molecule has 0 spiro atoms. The standard InChI is InChI=1S/C18H24Cl2N2O2/c1-18(2,3)13-6-4-12(5-7-13)17(24)22-10-8-14(9-11-22)21-16(23)15(19)20/h4-7,14-15H,8-11H2,1-3H3,(H,21,23). The minimum Gasteiger partial charge on any atom is -0.351 e. The Kier molecular flexibility index (Phi) is 6.16. The number of hydrogen-bond acceptors (Lipinski definition) is 2. The first kappa shape index (κ1) is 19.1. The van der Waals surface area contributed by atoms with Gasteiger partial charge in [0.05, 0.1) is 0 Å². The molecule has 132 valence electrons. The molecule has 2 amide bonds. The summed E-state index contributed by atoms with van der Waals surface area (Å²) >= 11 is 11.1. The highest BCUT2D eigenvalue weighted by atomic mass is 35.5. The molecule has 1 heterocycles. The van der Waals surface area contributed by atoms with Gasteiger partial charge in [0.2, 0.25) is 0 Å². The Morgan fingerprint density at radius 3 is 2.12 bits per heavy atom. The monoisotopic (exact) mass is 370 g/mol. The molecular formula is C18H24Cl2N2O2. The first-order valence-corrected chi connectivity index (χ1v) is 9.04. The van der Waals surface area contributed by atoms with E-state index in [0.717, 1.165) is 0 Å². The van der Waals surface area contributed by atoms with Crippen LogP contribution in [0.1, 0.15) is 49.5 Å². The van der Waals surface area contributed by atoms with Crippen LogP contribution in [0, 0.1) is 0 Å². The number of carbonyl (C=O) groups is 2. The van der Waals surface area contributed by atoms with Crippen LogP contribution >= 0.6 is 23.2 Å². The van der Waals surface area contributed by atoms with E-state index in [9.17, 15) is 9.59 Å². The zero-order chi connectivity index (χ0) is 17.9. The van der Waals surface area contributed by atoms with E-state index in [4.69, 9.17) is 23.2 Å². The van der Waals surface area contributed by atoms with Crippen molar-refractivity contribution in [2.45, 2.75) is 49.9 Å². The fraction of sp³-hybridized carbons (Fsp3) is 0.556. The Labute approximate surface area is 153 Å². The van der Waals surface area contributed by atoms with Crippen LogP contribution < -0.4 is 5.32 Å². The van der Waals surface area contributed by atoms with E-state index in [2.05, 4.69) is 26.1 Å². The summed E-state index contributed by atoms with van der Waals surface area (Å²) in [5.74, 6) is -0.339. The third-order valence-electron chi connectivity index (χ3n) is 4.32. The fourth-order valence-corrected chi connectivity index (χ4v) is 2.91. The number of benzene rings is 1. The molecule has 0 aromatic heterocycles. The minimum atomic E-state index is -1.05. The Balaban J connectivity index is 1.92. The van der Waals surface area contributed by atoms with E-state index < -0.39 is 4.84 Å². The third kappa shape index (κ3) is 4.87. The van der Waals surface area contributed by atoms with Crippen molar-refractivity contribution in [1.82, 2.24) is 10.2 Å². The first-order valence-electron chi connectivity index (χ1n) is 8.17. The molecule has 1 aromatic rings. The molecule has 6 heteroatoms. The molecule has 24 heavy (non-hydrogen) atoms. The van der Waals surface area contributed by atoms with Gasteiger partial charge in [0, 0.05) is 24.7 Å². The normalized spacial score (nSPS) is 16.3. The highest BCUT2D eigenvalue weighted by Crippen LogP contribution is 2.23. The number of alkyl halides is 2. The Morgan fingerprint density at radius 2 is 1.67 bits per heavy atom. The van der Waals surface area contributed by atoms with Crippen molar-refractivity contribution >= 4 is 35.0 Å². The average molecular weight is 371 g/mol. The molecule has 0 saturated carbocycles. The van der Waals surface area contributed by atoms with Crippen LogP contribution in [0.4, 0.5) is 0 Å². The number of hydrogen-bond donors (Lipinski definition) is 1. The number of nitrogens with zero attached hydrogens (tertiary/aromatic N) is 1. The van der Waals surface area contributed by atoms with Gasteiger partial charge in [-0.05, 0) is 36.0 Å². The smallest absolute Gasteiger partial charge is 0.253 e. The van der Waals surface area contributed by atoms with E-state index in [-0.39, 0.29) is 23.3 Å². The highest BCUT2D eigenvalue weighted by molar-refractivity contribution is 6.53. The maximum Gasteiger partial charge on any atom is 0.253 e. The van der Waals surface area contributed by atoms with Crippen molar-refractivity contribution in [1.29, 1.82) is 0 Å². The molecule has 1 aromatic carbocycles. The molecule has 1 aliphatic heterocycles. The minimum absolute atomic E-state index is 0.0183. The summed E-state index contributed by atoms with van der Waals surface area (Å²) in [7, 11) is 0. The number of carbonyl (C=O) groups excluding carboxylic acids is 2. The molecule has 1 saturated heterocycles. The first-order chi connectivity index (χ1) is 11.2. The molecule has 1 aliphatic rings. The van der Waals surface area contributed by atoms with Gasteiger partial charge in [0.1, 0.15) is 0 Å². The average Bonchev–Trinajstić information content (AvgIpc) is 2.54. The van der Waals surface area contributed by atoms with Crippen molar-refractivity contribution < 1.29 is 9.59 Å². The second-order valence-corrected chi connectivity index (χ2v) is 8.30. The lowest BCUT2D eigenvalue weighted by molar-refractivity contribution is -0.120. The Hall–Kier alpha value is -1.26. The SMILES string of the molecule is CC(C)(C)c1ccc(C(=O)N2CCC(NC(=O)C(Cl)Cl)CC2)cc1. The summed E-state index contributed by atoms with van der Waals surface area (Å²) in [6.45, 7) is 7.67. The summed E-state index contributed by atoms with van der Waals surface area (Å²) in [6, 6.07) is 7.83. The number of likely N-dealkylation sites (tertiary alicyclic amines) is 1. The van der Waals surface area contributed by atoms with Gasteiger partial charge in [0.15, 0.2) is 4.84 Å². The van der Waals surface area contributed by atoms with Crippen molar-refractivity contribution in [2.75, 3.05) is 13.1 Å². The lowest BCUT2D eigenvalue weighted by Crippen LogP contribution is -2.47. The van der Waals surface area contributed by atoms with Gasteiger partial charge in [-0.15, -0.1) is 0 Å². The Morgan fingerprint density at radius 1 is 1.12 bits per heavy atom. The fourth-order valence-electron chi connectivity index (χ4n) is 2.79. The number of rotatable bonds is 3. The summed E-state index contributed by atoms with van der Waals surface area (Å²) in [5.41, 5.74) is 1.98. The van der Waals surface area contributed by atoms with Crippen LogP contribution in [0.2, 0.25) is 0 Å². The summed E-state index contributed by atoms with van der Waals surface area (Å²) in [6.07, 6.45) is 1.41. The molecule has 0 bridgehead atoms. The quantitative estimate of drug-likeness (QED) is 0.827. The van der Waals surface area contributed by atoms with Crippen molar-refractivity contribution in [3.8, 4) is 0 Å². The largest absolute Gasteiger partial charge is 0.351 e. The predicted molar refractivity (Wildman–Crippen MR) is 97.7 cm³/mol. The molecule has 0 atom stereocenters. The maximum absolute atomic E-state index is 12.6. The van der Waals surface area contributed by atoms with Gasteiger partial charge in [0.25, 0.3) is 11.8 Å². The molecule has 0 radical (unpaired) electrons. The van der Waals surface area contributed by atoms with Gasteiger partial charge in [-0.1, -0.05) is 56.1 Å². The number of halogens is 2. The molecular weight excluding hydrogens is 347 g/mol. The highest BCUT2D eigenvalue weighted by Gasteiger charge is 2.26. The molecule has 0 unspecified atom stereocenters. The third-order valence-corrected chi connectivity index (χ3v) is 4.72. The van der Waals surface area contributed by atoms with E-state index >= 15 is 0 Å². The zero-order valence-corrected chi connectivity index (χ0v) is 15.8. The number of nitrogens with one attached hydrogen (secondary N) is 1. The summed E-state index contributed by atoms with van der Waals surface area (Å²) in [5, 5.41) is 2.80. The van der Waals surface area contributed by atoms with Gasteiger partial charge < -0.3 is 10.2 Å². The van der Waals surface area contributed by atoms with Crippen LogP contribution in [0.3, 0.4) is 0 Å². The van der Waals surface area contributed by atoms with Gasteiger partial charge >= 0.3 is 0 Å². The van der Waals surface area contributed by atoms with Crippen molar-refractivity contribution in [3.63, 3.8) is 0 Å². The van der Waals surface area contributed by atoms with Crippen LogP contribution in [-0.2, 0) is 10.2 Å². The lowest BCUT2D eigenvalue weighted by Gasteiger charge is -2.32. The predicted octanol–water partition coefficient (Wildman–Crippen LogP) is 3.51. The second-order valence-electron chi connectivity index (χ2n) is 7.20. The number of piperidine rings is 1. The van der Waals surface area contributed by atoms with E-state index in [1.54, 1.807) is 0 Å². The zero-order valence-electron chi connectivity index (χ0n) is 14.3. The molecule has 0 aliphatic carbocycles. The number of amides is 2. The van der Waals surface area contributed by atoms with Gasteiger partial charge in [-0.2, -0.15) is 0 Å². The van der Waals surface area contributed by atoms with Crippen LogP contribution in [-0.4, -0.2) is 40.7 Å². The van der Waals surface area contributed by atoms with Gasteiger partial charge in [-0.3, -0.25) is 9.59 Å². The molecule has 1 fully saturated rings. The van der Waals surface area contributed by atoms with E-state index in [1.165, 1.54) is 5.56 Å². The van der Waals surface area contributed by atoms with Crippen LogP contribution in [0.25, 0.3) is 0 Å². The second kappa shape index (κ2) is 7.75. The molecule has 1 N–H and O–H groups in total. The molecule has 4 nitrogen and oxygen atoms in total. The van der Waals surface area contributed by atoms with Crippen LogP contribution in [0.5, 0.6) is 0 Å². The Bertz CT molecular complexity index is 586. The van der Waals surface area contributed by atoms with Crippen molar-refractivity contribution in [3.05, 3.63) is 35.4 Å². The van der Waals surface area contributed by atoms with E-state index in [0.29, 0.717) is 31.5 Å². The van der Waals surface area contributed by atoms with E-state index in [1.807, 2.05) is 29.2 Å². The maximum atomic E-state index is 12.6. The summed E-state index contributed by atoms with van der Waals surface area (Å²) < 4.78 is 0. The summed E-state index contributed by atoms with van der Waals surface area (Å²) in [4.78, 5) is 24.9. The topological polar surface area (TPSA) is 49.4 Å². The van der Waals surface area contributed by atoms with Crippen molar-refractivity contribution in [2.24, 2.45) is 0 Å². The van der Waals surface area contributed by atoms with Gasteiger partial charge in [-0.25, -0.2) is 0 Å². The lowest BCUT2D eigenvalue weighted by atomic mass is 9.86.